The summed E-state index contributed by atoms with van der Waals surface area (Å²) in [6.45, 7) is 0. The van der Waals surface area contributed by atoms with E-state index in [0.717, 1.165) is 16.2 Å². The van der Waals surface area contributed by atoms with Crippen LogP contribution < -0.4 is 11.1 Å². The summed E-state index contributed by atoms with van der Waals surface area (Å²) in [6.07, 6.45) is 4.18. The van der Waals surface area contributed by atoms with Crippen molar-refractivity contribution in [1.82, 2.24) is 25.2 Å². The molecule has 0 bridgehead atoms. The number of aliphatic carboxylic acids is 1. The Kier molecular flexibility index (Phi) is 7.25. The van der Waals surface area contributed by atoms with Crippen LogP contribution in [-0.4, -0.2) is 72.7 Å². The molecule has 16 heteroatoms. The van der Waals surface area contributed by atoms with E-state index in [2.05, 4.69) is 25.4 Å². The summed E-state index contributed by atoms with van der Waals surface area (Å²) in [5, 5.41) is 17.4. The molecule has 0 spiro atoms. The summed E-state index contributed by atoms with van der Waals surface area (Å²) < 4.78 is 0. The number of nitrogens with two attached hydrogens (primary N) is 1. The van der Waals surface area contributed by atoms with Gasteiger partial charge >= 0.3 is 5.97 Å². The summed E-state index contributed by atoms with van der Waals surface area (Å²) >= 11 is 14.5. The van der Waals surface area contributed by atoms with Crippen LogP contribution in [-0.2, 0) is 19.2 Å². The number of carbonyl (C=O) groups is 3. The highest BCUT2D eigenvalue weighted by atomic mass is 35.5. The molecule has 0 aliphatic carbocycles. The summed E-state index contributed by atoms with van der Waals surface area (Å²) in [6, 6.07) is -0.975. The number of β-lactam (4-membered cyclic amide) rings is 1. The zero-order valence-corrected chi connectivity index (χ0v) is 20.8. The van der Waals surface area contributed by atoms with Crippen molar-refractivity contribution in [3.63, 3.8) is 0 Å². The van der Waals surface area contributed by atoms with Gasteiger partial charge in [-0.15, -0.1) is 23.1 Å². The Hall–Kier alpha value is -3.20. The number of carboxylic acid groups (broad SMARTS) is 1. The van der Waals surface area contributed by atoms with Gasteiger partial charge in [0.1, 0.15) is 46.6 Å². The molecule has 2 atom stereocenters. The second-order valence-corrected chi connectivity index (χ2v) is 9.65. The van der Waals surface area contributed by atoms with E-state index in [1.165, 1.54) is 42.7 Å². The second-order valence-electron chi connectivity index (χ2n) is 6.94. The van der Waals surface area contributed by atoms with E-state index in [1.54, 1.807) is 0 Å². The number of nitrogens with one attached hydrogen (secondary N) is 1. The SMILES string of the molecule is CO/N=C(\C(=O)N[C@@H]1C(=O)N2C(C(=O)O)=C(/C=C/c3c(Cl)ncnc3Cl)CS[C@@H]12)c1csc(N)n1. The highest BCUT2D eigenvalue weighted by Crippen LogP contribution is 2.41. The molecular formula is C19H15Cl2N7O5S2. The maximum Gasteiger partial charge on any atom is 0.352 e. The van der Waals surface area contributed by atoms with Crippen LogP contribution in [0, 0.1) is 0 Å². The number of aromatic nitrogens is 3. The maximum atomic E-state index is 12.9. The van der Waals surface area contributed by atoms with Crippen molar-refractivity contribution >= 4 is 81.0 Å². The number of nitrogens with zero attached hydrogens (tertiary/aromatic N) is 5. The van der Waals surface area contributed by atoms with Gasteiger partial charge in [-0.1, -0.05) is 34.4 Å². The Morgan fingerprint density at radius 1 is 1.34 bits per heavy atom. The van der Waals surface area contributed by atoms with Crippen LogP contribution in [0.3, 0.4) is 0 Å². The quantitative estimate of drug-likeness (QED) is 0.197. The van der Waals surface area contributed by atoms with Gasteiger partial charge in [0.2, 0.25) is 0 Å². The van der Waals surface area contributed by atoms with Crippen molar-refractivity contribution in [3.05, 3.63) is 50.6 Å². The van der Waals surface area contributed by atoms with Crippen LogP contribution in [0.5, 0.6) is 0 Å². The molecule has 1 saturated heterocycles. The van der Waals surface area contributed by atoms with Crippen LogP contribution in [0.25, 0.3) is 6.08 Å². The van der Waals surface area contributed by atoms with E-state index in [-0.39, 0.29) is 38.3 Å². The van der Waals surface area contributed by atoms with Crippen LogP contribution in [0.15, 0.2) is 34.2 Å². The van der Waals surface area contributed by atoms with Gasteiger partial charge in [0.15, 0.2) is 10.8 Å². The number of amides is 2. The maximum absolute atomic E-state index is 12.9. The molecule has 2 aliphatic rings. The van der Waals surface area contributed by atoms with Crippen LogP contribution in [0.1, 0.15) is 11.3 Å². The first-order chi connectivity index (χ1) is 16.7. The molecule has 2 amide bonds. The predicted molar refractivity (Wildman–Crippen MR) is 131 cm³/mol. The van der Waals surface area contributed by atoms with Gasteiger partial charge in [-0.2, -0.15) is 0 Å². The average Bonchev–Trinajstić information content (AvgIpc) is 3.25. The van der Waals surface area contributed by atoms with Crippen LogP contribution >= 0.6 is 46.3 Å². The third-order valence-electron chi connectivity index (χ3n) is 4.89. The molecule has 2 aliphatic heterocycles. The number of oxime groups is 1. The molecule has 35 heavy (non-hydrogen) atoms. The fourth-order valence-electron chi connectivity index (χ4n) is 3.35. The third-order valence-corrected chi connectivity index (χ3v) is 7.47. The molecule has 2 aromatic rings. The lowest BCUT2D eigenvalue weighted by Gasteiger charge is -2.49. The highest BCUT2D eigenvalue weighted by molar-refractivity contribution is 8.00. The lowest BCUT2D eigenvalue weighted by molar-refractivity contribution is -0.150. The zero-order chi connectivity index (χ0) is 25.3. The Labute approximate surface area is 215 Å². The molecule has 182 valence electrons. The van der Waals surface area contributed by atoms with Crippen molar-refractivity contribution in [2.24, 2.45) is 5.16 Å². The molecule has 2 aromatic heterocycles. The van der Waals surface area contributed by atoms with Crippen molar-refractivity contribution < 1.29 is 24.3 Å². The molecule has 0 radical (unpaired) electrons. The number of carbonyl (C=O) groups excluding carboxylic acids is 2. The number of rotatable bonds is 7. The van der Waals surface area contributed by atoms with E-state index < -0.39 is 29.2 Å². The van der Waals surface area contributed by atoms with Gasteiger partial charge < -0.3 is 21.0 Å². The second kappa shape index (κ2) is 10.2. The van der Waals surface area contributed by atoms with Gasteiger partial charge in [0.05, 0.1) is 0 Å². The van der Waals surface area contributed by atoms with E-state index in [9.17, 15) is 19.5 Å². The highest BCUT2D eigenvalue weighted by Gasteiger charge is 2.54. The molecule has 12 nitrogen and oxygen atoms in total. The lowest BCUT2D eigenvalue weighted by Crippen LogP contribution is -2.71. The number of halogens is 2. The smallest absolute Gasteiger partial charge is 0.352 e. The minimum atomic E-state index is -1.30. The van der Waals surface area contributed by atoms with Gasteiger partial charge in [0.25, 0.3) is 11.8 Å². The largest absolute Gasteiger partial charge is 0.477 e. The molecule has 0 unspecified atom stereocenters. The Balaban J connectivity index is 1.56. The van der Waals surface area contributed by atoms with E-state index >= 15 is 0 Å². The first-order valence-electron chi connectivity index (χ1n) is 9.61. The number of carboxylic acids is 1. The van der Waals surface area contributed by atoms with Crippen LogP contribution in [0.2, 0.25) is 10.3 Å². The molecule has 4 heterocycles. The fourth-order valence-corrected chi connectivity index (χ4v) is 5.66. The normalized spacial score (nSPS) is 20.0. The van der Waals surface area contributed by atoms with E-state index in [1.807, 2.05) is 0 Å². The van der Waals surface area contributed by atoms with Crippen LogP contribution in [0.4, 0.5) is 5.13 Å². The summed E-state index contributed by atoms with van der Waals surface area (Å²) in [4.78, 5) is 55.3. The van der Waals surface area contributed by atoms with E-state index in [0.29, 0.717) is 11.1 Å². The molecule has 4 N–H and O–H groups in total. The Bertz CT molecular complexity index is 1290. The summed E-state index contributed by atoms with van der Waals surface area (Å²) in [5.74, 6) is -2.36. The first-order valence-corrected chi connectivity index (χ1v) is 12.3. The number of fused-ring (bicyclic) bond motifs is 1. The molecule has 0 aromatic carbocycles. The minimum absolute atomic E-state index is 0.0956. The zero-order valence-electron chi connectivity index (χ0n) is 17.6. The summed E-state index contributed by atoms with van der Waals surface area (Å²) in [5.41, 5.74) is 6.11. The number of anilines is 1. The van der Waals surface area contributed by atoms with Gasteiger partial charge in [-0.25, -0.2) is 19.7 Å². The van der Waals surface area contributed by atoms with Crippen molar-refractivity contribution in [3.8, 4) is 0 Å². The Morgan fingerprint density at radius 2 is 2.06 bits per heavy atom. The average molecular weight is 556 g/mol. The molecule has 1 fully saturated rings. The number of hydrogen-bond acceptors (Lipinski definition) is 11. The standard InChI is InChI=1S/C19H15Cl2N7O5S2/c1-33-27-10(9-5-35-19(22)25-9)15(29)26-11-16(30)28-12(18(31)32)7(4-34-17(11)28)2-3-8-13(20)23-6-24-14(8)21/h2-3,5-6,11,17H,4H2,1H3,(H2,22,25)(H,26,29)(H,31,32)/b3-2+,27-10-/t11-,17+/m1/s1. The molecule has 4 rings (SSSR count). The number of thioether (sulfide) groups is 1. The number of thiazole rings is 1. The Morgan fingerprint density at radius 3 is 2.66 bits per heavy atom. The minimum Gasteiger partial charge on any atom is -0.477 e. The van der Waals surface area contributed by atoms with Crippen molar-refractivity contribution in [1.29, 1.82) is 0 Å². The van der Waals surface area contributed by atoms with Gasteiger partial charge in [-0.05, 0) is 11.6 Å². The molecule has 0 saturated carbocycles. The van der Waals surface area contributed by atoms with Gasteiger partial charge in [0, 0.05) is 16.7 Å². The third kappa shape index (κ3) is 4.82. The topological polar surface area (TPSA) is 173 Å². The van der Waals surface area contributed by atoms with Gasteiger partial charge in [-0.3, -0.25) is 14.5 Å². The first kappa shape index (κ1) is 24.9. The lowest BCUT2D eigenvalue weighted by atomic mass is 10.0. The summed E-state index contributed by atoms with van der Waals surface area (Å²) in [7, 11) is 1.26. The van der Waals surface area contributed by atoms with Crippen molar-refractivity contribution in [2.75, 3.05) is 18.6 Å². The monoisotopic (exact) mass is 555 g/mol. The predicted octanol–water partition coefficient (Wildman–Crippen LogP) is 1.62. The number of nitrogen functional groups attached to an aromatic ring is 1. The number of hydrogen-bond donors (Lipinski definition) is 3. The number of allylic oxidation sites excluding steroid dienone is 1. The fraction of sp³-hybridized carbons (Fsp3) is 0.211. The molecular weight excluding hydrogens is 541 g/mol. The van der Waals surface area contributed by atoms with Crippen molar-refractivity contribution in [2.45, 2.75) is 11.4 Å². The van der Waals surface area contributed by atoms with E-state index in [4.69, 9.17) is 33.8 Å².